The van der Waals surface area contributed by atoms with Gasteiger partial charge in [-0.3, -0.25) is 9.59 Å². The number of carbonyl (C=O) groups is 2. The molecule has 1 unspecified atom stereocenters. The summed E-state index contributed by atoms with van der Waals surface area (Å²) in [6.45, 7) is 9.22. The second-order valence-corrected chi connectivity index (χ2v) is 8.85. The summed E-state index contributed by atoms with van der Waals surface area (Å²) in [4.78, 5) is 30.3. The number of thiophene rings is 1. The van der Waals surface area contributed by atoms with Crippen molar-refractivity contribution in [3.05, 3.63) is 21.9 Å². The number of carbonyl (C=O) groups excluding carboxylic acids is 2. The summed E-state index contributed by atoms with van der Waals surface area (Å²) in [6.07, 6.45) is 2.08. The number of hydrogen-bond donors (Lipinski definition) is 0. The summed E-state index contributed by atoms with van der Waals surface area (Å²) in [7, 11) is 0. The van der Waals surface area contributed by atoms with E-state index in [9.17, 15) is 9.59 Å². The van der Waals surface area contributed by atoms with Crippen LogP contribution in [-0.2, 0) is 20.7 Å². The zero-order chi connectivity index (χ0) is 18.0. The van der Waals surface area contributed by atoms with Gasteiger partial charge in [-0.25, -0.2) is 0 Å². The van der Waals surface area contributed by atoms with E-state index < -0.39 is 0 Å². The molecule has 0 saturated carbocycles. The van der Waals surface area contributed by atoms with Crippen molar-refractivity contribution in [2.45, 2.75) is 46.1 Å². The summed E-state index contributed by atoms with van der Waals surface area (Å²) >= 11 is 1.68. The fourth-order valence-corrected chi connectivity index (χ4v) is 4.51. The lowest BCUT2D eigenvalue weighted by atomic mass is 9.94. The number of rotatable bonds is 2. The molecule has 1 aromatic heterocycles. The monoisotopic (exact) mass is 364 g/mol. The largest absolute Gasteiger partial charge is 0.372 e. The van der Waals surface area contributed by atoms with E-state index in [-0.39, 0.29) is 23.3 Å². The van der Waals surface area contributed by atoms with Crippen molar-refractivity contribution < 1.29 is 14.3 Å². The van der Waals surface area contributed by atoms with Crippen LogP contribution in [0, 0.1) is 5.41 Å². The Morgan fingerprint density at radius 3 is 2.68 bits per heavy atom. The first-order chi connectivity index (χ1) is 11.9. The second-order valence-electron chi connectivity index (χ2n) is 7.90. The molecule has 0 aromatic carbocycles. The number of fused-ring (bicyclic) bond motifs is 1. The first-order valence-corrected chi connectivity index (χ1v) is 9.99. The van der Waals surface area contributed by atoms with Gasteiger partial charge in [0.25, 0.3) is 0 Å². The molecule has 0 N–H and O–H groups in total. The number of hydrogen-bond acceptors (Lipinski definition) is 4. The fourth-order valence-electron chi connectivity index (χ4n) is 3.51. The lowest BCUT2D eigenvalue weighted by Gasteiger charge is -2.29. The molecular formula is C19H28N2O3S. The maximum atomic E-state index is 12.8. The number of nitrogens with zero attached hydrogens (tertiary/aromatic N) is 2. The number of ether oxygens (including phenoxy) is 1. The SMILES string of the molecule is CC(C)(C)C(=O)N1CCCN(C(=O)CC2OCCc3ccsc32)CC1. The molecule has 3 heterocycles. The summed E-state index contributed by atoms with van der Waals surface area (Å²) in [6, 6.07) is 2.14. The molecule has 0 spiro atoms. The molecule has 0 aliphatic carbocycles. The Morgan fingerprint density at radius 1 is 1.20 bits per heavy atom. The fraction of sp³-hybridized carbons (Fsp3) is 0.684. The van der Waals surface area contributed by atoms with E-state index in [1.807, 2.05) is 30.6 Å². The third kappa shape index (κ3) is 4.23. The third-order valence-electron chi connectivity index (χ3n) is 4.90. The molecule has 0 radical (unpaired) electrons. The topological polar surface area (TPSA) is 49.9 Å². The van der Waals surface area contributed by atoms with Crippen molar-refractivity contribution in [2.75, 3.05) is 32.8 Å². The van der Waals surface area contributed by atoms with Gasteiger partial charge in [0.05, 0.1) is 13.0 Å². The van der Waals surface area contributed by atoms with Crippen LogP contribution in [0.15, 0.2) is 11.4 Å². The minimum Gasteiger partial charge on any atom is -0.372 e. The number of amides is 2. The lowest BCUT2D eigenvalue weighted by Crippen LogP contribution is -2.42. The molecular weight excluding hydrogens is 336 g/mol. The maximum Gasteiger partial charge on any atom is 0.228 e. The zero-order valence-corrected chi connectivity index (χ0v) is 16.2. The highest BCUT2D eigenvalue weighted by molar-refractivity contribution is 7.10. The van der Waals surface area contributed by atoms with E-state index in [0.717, 1.165) is 25.9 Å². The Balaban J connectivity index is 1.58. The molecule has 3 rings (SSSR count). The van der Waals surface area contributed by atoms with Crippen LogP contribution in [0.1, 0.15) is 50.2 Å². The zero-order valence-electron chi connectivity index (χ0n) is 15.4. The van der Waals surface area contributed by atoms with Gasteiger partial charge in [0, 0.05) is 36.5 Å². The molecule has 25 heavy (non-hydrogen) atoms. The molecule has 1 aromatic rings. The highest BCUT2D eigenvalue weighted by Crippen LogP contribution is 2.34. The summed E-state index contributed by atoms with van der Waals surface area (Å²) in [5.41, 5.74) is 0.955. The summed E-state index contributed by atoms with van der Waals surface area (Å²) in [5, 5.41) is 2.08. The molecule has 5 nitrogen and oxygen atoms in total. The van der Waals surface area contributed by atoms with Crippen LogP contribution in [0.4, 0.5) is 0 Å². The first kappa shape index (κ1) is 18.4. The van der Waals surface area contributed by atoms with Crippen LogP contribution in [0.2, 0.25) is 0 Å². The van der Waals surface area contributed by atoms with Crippen LogP contribution in [-0.4, -0.2) is 54.4 Å². The molecule has 2 amide bonds. The Kier molecular flexibility index (Phi) is 5.49. The van der Waals surface area contributed by atoms with Gasteiger partial charge >= 0.3 is 0 Å². The molecule has 0 bridgehead atoms. The standard InChI is InChI=1S/C19H28N2O3S/c1-19(2,3)18(23)21-8-4-7-20(9-10-21)16(22)13-15-17-14(5-11-24-15)6-12-25-17/h6,12,15H,4-5,7-11,13H2,1-3H3. The summed E-state index contributed by atoms with van der Waals surface area (Å²) in [5.74, 6) is 0.303. The predicted molar refractivity (Wildman–Crippen MR) is 98.6 cm³/mol. The smallest absolute Gasteiger partial charge is 0.228 e. The normalized spacial score (nSPS) is 21.6. The van der Waals surface area contributed by atoms with Crippen LogP contribution >= 0.6 is 11.3 Å². The van der Waals surface area contributed by atoms with Crippen molar-refractivity contribution in [3.8, 4) is 0 Å². The summed E-state index contributed by atoms with van der Waals surface area (Å²) < 4.78 is 5.86. The van der Waals surface area contributed by atoms with E-state index in [2.05, 4.69) is 11.4 Å². The van der Waals surface area contributed by atoms with Crippen molar-refractivity contribution in [1.29, 1.82) is 0 Å². The van der Waals surface area contributed by atoms with Crippen molar-refractivity contribution in [3.63, 3.8) is 0 Å². The lowest BCUT2D eigenvalue weighted by molar-refractivity contribution is -0.140. The van der Waals surface area contributed by atoms with Gasteiger partial charge in [-0.05, 0) is 29.9 Å². The Morgan fingerprint density at radius 2 is 1.92 bits per heavy atom. The molecule has 1 saturated heterocycles. The van der Waals surface area contributed by atoms with Gasteiger partial charge in [-0.15, -0.1) is 11.3 Å². The van der Waals surface area contributed by atoms with Gasteiger partial charge in [0.1, 0.15) is 6.10 Å². The van der Waals surface area contributed by atoms with E-state index in [1.54, 1.807) is 11.3 Å². The minimum atomic E-state index is -0.370. The van der Waals surface area contributed by atoms with Crippen molar-refractivity contribution in [2.24, 2.45) is 5.41 Å². The third-order valence-corrected chi connectivity index (χ3v) is 5.95. The van der Waals surface area contributed by atoms with Crippen molar-refractivity contribution >= 4 is 23.2 Å². The molecule has 1 fully saturated rings. The first-order valence-electron chi connectivity index (χ1n) is 9.11. The average Bonchev–Trinajstić information content (AvgIpc) is 2.91. The van der Waals surface area contributed by atoms with Gasteiger partial charge in [0.2, 0.25) is 11.8 Å². The Hall–Kier alpha value is -1.40. The Bertz CT molecular complexity index is 635. The van der Waals surface area contributed by atoms with Crippen molar-refractivity contribution in [1.82, 2.24) is 9.80 Å². The van der Waals surface area contributed by atoms with E-state index in [0.29, 0.717) is 26.1 Å². The molecule has 2 aliphatic heterocycles. The van der Waals surface area contributed by atoms with Gasteiger partial charge in [-0.2, -0.15) is 0 Å². The quantitative estimate of drug-likeness (QED) is 0.811. The van der Waals surface area contributed by atoms with Crippen LogP contribution in [0.25, 0.3) is 0 Å². The highest BCUT2D eigenvalue weighted by Gasteiger charge is 2.31. The molecule has 6 heteroatoms. The molecule has 138 valence electrons. The van der Waals surface area contributed by atoms with Crippen LogP contribution in [0.3, 0.4) is 0 Å². The predicted octanol–water partition coefficient (Wildman–Crippen LogP) is 2.86. The average molecular weight is 365 g/mol. The van der Waals surface area contributed by atoms with E-state index in [4.69, 9.17) is 4.74 Å². The molecule has 2 aliphatic rings. The van der Waals surface area contributed by atoms with E-state index in [1.165, 1.54) is 10.4 Å². The van der Waals surface area contributed by atoms with Gasteiger partial charge in [-0.1, -0.05) is 20.8 Å². The maximum absolute atomic E-state index is 12.8. The Labute approximate surface area is 153 Å². The van der Waals surface area contributed by atoms with Crippen LogP contribution in [0.5, 0.6) is 0 Å². The highest BCUT2D eigenvalue weighted by atomic mass is 32.1. The molecule has 1 atom stereocenters. The van der Waals surface area contributed by atoms with Crippen LogP contribution < -0.4 is 0 Å². The van der Waals surface area contributed by atoms with Gasteiger partial charge < -0.3 is 14.5 Å². The van der Waals surface area contributed by atoms with E-state index >= 15 is 0 Å². The minimum absolute atomic E-state index is 0.105. The van der Waals surface area contributed by atoms with Gasteiger partial charge in [0.15, 0.2) is 0 Å². The second kappa shape index (κ2) is 7.46.